The van der Waals surface area contributed by atoms with Crippen LogP contribution in [-0.4, -0.2) is 19.9 Å². The maximum absolute atomic E-state index is 4.98. The van der Waals surface area contributed by atoms with Crippen molar-refractivity contribution in [3.05, 3.63) is 82.9 Å². The van der Waals surface area contributed by atoms with Crippen molar-refractivity contribution in [3.8, 4) is 22.4 Å². The summed E-state index contributed by atoms with van der Waals surface area (Å²) in [5.41, 5.74) is 9.87. The molecule has 5 heteroatoms. The second kappa shape index (κ2) is 8.27. The van der Waals surface area contributed by atoms with E-state index in [0.717, 1.165) is 41.2 Å². The minimum Gasteiger partial charge on any atom is -0.345 e. The van der Waals surface area contributed by atoms with E-state index in [2.05, 4.69) is 97.6 Å². The van der Waals surface area contributed by atoms with Gasteiger partial charge in [0.25, 0.3) is 0 Å². The van der Waals surface area contributed by atoms with Gasteiger partial charge in [0.1, 0.15) is 11.6 Å². The number of nitrogens with zero attached hydrogens (tertiary/aromatic N) is 2. The first kappa shape index (κ1) is 23.0. The normalized spacial score (nSPS) is 13.4. The summed E-state index contributed by atoms with van der Waals surface area (Å²) >= 11 is 1.81. The van der Waals surface area contributed by atoms with E-state index >= 15 is 0 Å². The van der Waals surface area contributed by atoms with Crippen LogP contribution in [0.4, 0.5) is 0 Å². The molecule has 192 valence electrons. The molecule has 0 fully saturated rings. The number of H-pyrrole nitrogens is 2. The monoisotopic (exact) mass is 526 g/mol. The van der Waals surface area contributed by atoms with Crippen molar-refractivity contribution in [2.24, 2.45) is 0 Å². The molecule has 0 aliphatic heterocycles. The molecule has 4 aromatic carbocycles. The molecule has 39 heavy (non-hydrogen) atoms. The van der Waals surface area contributed by atoms with Crippen molar-refractivity contribution in [1.82, 2.24) is 19.9 Å². The number of benzene rings is 4. The molecule has 0 saturated carbocycles. The van der Waals surface area contributed by atoms with Crippen molar-refractivity contribution in [2.75, 3.05) is 0 Å². The zero-order chi connectivity index (χ0) is 26.4. The highest BCUT2D eigenvalue weighted by Gasteiger charge is 2.23. The number of hydrogen-bond acceptors (Lipinski definition) is 3. The van der Waals surface area contributed by atoms with Crippen molar-refractivity contribution in [1.29, 1.82) is 0 Å². The molecular formula is C34H30N4S. The summed E-state index contributed by atoms with van der Waals surface area (Å²) in [6, 6.07) is 20.6. The van der Waals surface area contributed by atoms with Crippen LogP contribution in [0.1, 0.15) is 62.4 Å². The Balaban J connectivity index is 1.27. The van der Waals surface area contributed by atoms with Gasteiger partial charge in [-0.3, -0.25) is 0 Å². The molecule has 0 atom stereocenters. The zero-order valence-corrected chi connectivity index (χ0v) is 23.5. The minimum absolute atomic E-state index is 0.362. The summed E-state index contributed by atoms with van der Waals surface area (Å²) in [7, 11) is 0. The van der Waals surface area contributed by atoms with Gasteiger partial charge < -0.3 is 9.97 Å². The first-order chi connectivity index (χ1) is 19.0. The van der Waals surface area contributed by atoms with Crippen LogP contribution in [0.2, 0.25) is 0 Å². The molecular weight excluding hydrogens is 496 g/mol. The number of thiophene rings is 1. The Morgan fingerprint density at radius 3 is 2.31 bits per heavy atom. The number of fused-ring (bicyclic) bond motifs is 11. The number of rotatable bonds is 3. The fourth-order valence-corrected chi connectivity index (χ4v) is 7.24. The van der Waals surface area contributed by atoms with Crippen LogP contribution in [0.3, 0.4) is 0 Å². The van der Waals surface area contributed by atoms with Gasteiger partial charge in [0.05, 0.1) is 16.7 Å². The number of imidazole rings is 2. The maximum atomic E-state index is 4.98. The fraction of sp³-hybridized carbons (Fsp3) is 0.235. The van der Waals surface area contributed by atoms with E-state index in [1.165, 1.54) is 59.6 Å². The van der Waals surface area contributed by atoms with Gasteiger partial charge in [0.2, 0.25) is 0 Å². The van der Waals surface area contributed by atoms with Crippen LogP contribution >= 0.6 is 11.3 Å². The largest absolute Gasteiger partial charge is 0.345 e. The lowest BCUT2D eigenvalue weighted by molar-refractivity contribution is 0.787. The zero-order valence-electron chi connectivity index (χ0n) is 22.6. The van der Waals surface area contributed by atoms with Crippen molar-refractivity contribution in [2.45, 2.75) is 52.4 Å². The smallest absolute Gasteiger partial charge is 0.109 e. The minimum atomic E-state index is 0.362. The summed E-state index contributed by atoms with van der Waals surface area (Å²) in [5.74, 6) is 2.91. The molecule has 0 saturated heterocycles. The number of hydrogen-bond donors (Lipinski definition) is 2. The summed E-state index contributed by atoms with van der Waals surface area (Å²) < 4.78 is 1.31. The Bertz CT molecular complexity index is 2090. The van der Waals surface area contributed by atoms with E-state index in [0.29, 0.717) is 11.8 Å². The molecule has 0 spiro atoms. The number of aryl methyl sites for hydroxylation is 2. The van der Waals surface area contributed by atoms with E-state index in [4.69, 9.17) is 9.97 Å². The average molecular weight is 527 g/mol. The topological polar surface area (TPSA) is 57.4 Å². The van der Waals surface area contributed by atoms with Crippen LogP contribution in [0, 0.1) is 0 Å². The third-order valence-electron chi connectivity index (χ3n) is 8.41. The Hall–Kier alpha value is -3.96. The second-order valence-corrected chi connectivity index (χ2v) is 12.5. The lowest BCUT2D eigenvalue weighted by Gasteiger charge is -2.18. The summed E-state index contributed by atoms with van der Waals surface area (Å²) in [6.45, 7) is 8.78. The molecule has 3 heterocycles. The van der Waals surface area contributed by atoms with Crippen molar-refractivity contribution < 1.29 is 0 Å². The first-order valence-corrected chi connectivity index (χ1v) is 14.8. The average Bonchev–Trinajstić information content (AvgIpc) is 3.70. The Labute approximate surface area is 231 Å². The van der Waals surface area contributed by atoms with Crippen LogP contribution in [0.5, 0.6) is 0 Å². The predicted molar refractivity (Wildman–Crippen MR) is 165 cm³/mol. The van der Waals surface area contributed by atoms with E-state index in [9.17, 15) is 0 Å². The quantitative estimate of drug-likeness (QED) is 0.241. The third kappa shape index (κ3) is 3.36. The van der Waals surface area contributed by atoms with Gasteiger partial charge in [-0.1, -0.05) is 64.1 Å². The number of aromatic amines is 2. The highest BCUT2D eigenvalue weighted by molar-refractivity contribution is 7.18. The Morgan fingerprint density at radius 1 is 0.718 bits per heavy atom. The maximum Gasteiger partial charge on any atom is 0.109 e. The molecule has 7 aromatic rings. The van der Waals surface area contributed by atoms with Crippen LogP contribution < -0.4 is 0 Å². The fourth-order valence-electron chi connectivity index (χ4n) is 6.31. The van der Waals surface area contributed by atoms with Crippen LogP contribution in [0.25, 0.3) is 65.0 Å². The van der Waals surface area contributed by atoms with Crippen LogP contribution in [0.15, 0.2) is 60.0 Å². The molecule has 0 bridgehead atoms. The summed E-state index contributed by atoms with van der Waals surface area (Å²) in [4.78, 5) is 17.2. The van der Waals surface area contributed by atoms with E-state index in [1.54, 1.807) is 11.3 Å². The van der Waals surface area contributed by atoms with Gasteiger partial charge in [0, 0.05) is 44.0 Å². The van der Waals surface area contributed by atoms with Gasteiger partial charge in [-0.2, -0.15) is 0 Å². The highest BCUT2D eigenvalue weighted by Crippen LogP contribution is 2.41. The van der Waals surface area contributed by atoms with E-state index < -0.39 is 0 Å². The molecule has 0 radical (unpaired) electrons. The highest BCUT2D eigenvalue weighted by atomic mass is 32.1. The second-order valence-electron chi connectivity index (χ2n) is 11.6. The van der Waals surface area contributed by atoms with Gasteiger partial charge in [0.15, 0.2) is 0 Å². The van der Waals surface area contributed by atoms with Gasteiger partial charge >= 0.3 is 0 Å². The molecule has 0 amide bonds. The molecule has 1 aliphatic carbocycles. The standard InChI is InChI=1S/C34H30N4S/c1-17(2)33-35-28-12-11-23-22-8-5-19(15-21(22)7-10-24(23)29(28)36-33)20-6-9-25-27(16-20)32-26(13-14-39-32)31-30(25)37-34(38-31)18(3)4/h5-10,13-18H,11-12H2,1-4H3,(H,35,36)(H,37,38). The Morgan fingerprint density at radius 2 is 1.49 bits per heavy atom. The lowest BCUT2D eigenvalue weighted by atomic mass is 9.87. The summed E-state index contributed by atoms with van der Waals surface area (Å²) in [5, 5.41) is 8.61. The molecule has 1 aliphatic rings. The SMILES string of the molecule is CC(C)c1nc2c([nH]1)CCc1c-2ccc2cc(-c3ccc4c(c3)c3sccc3c3nc(C(C)C)[nH]c43)ccc12. The molecule has 2 N–H and O–H groups in total. The van der Waals surface area contributed by atoms with E-state index in [1.807, 2.05) is 0 Å². The number of aromatic nitrogens is 4. The van der Waals surface area contributed by atoms with Crippen molar-refractivity contribution in [3.63, 3.8) is 0 Å². The predicted octanol–water partition coefficient (Wildman–Crippen LogP) is 9.49. The van der Waals surface area contributed by atoms with Gasteiger partial charge in [-0.15, -0.1) is 11.3 Å². The first-order valence-electron chi connectivity index (χ1n) is 13.9. The van der Waals surface area contributed by atoms with Gasteiger partial charge in [-0.25, -0.2) is 9.97 Å². The van der Waals surface area contributed by atoms with Crippen molar-refractivity contribution >= 4 is 54.0 Å². The third-order valence-corrected chi connectivity index (χ3v) is 9.36. The molecule has 4 nitrogen and oxygen atoms in total. The lowest BCUT2D eigenvalue weighted by Crippen LogP contribution is -2.04. The Kier molecular flexibility index (Phi) is 4.87. The molecule has 3 aromatic heterocycles. The number of nitrogens with one attached hydrogen (secondary N) is 2. The van der Waals surface area contributed by atoms with Gasteiger partial charge in [-0.05, 0) is 63.9 Å². The summed E-state index contributed by atoms with van der Waals surface area (Å²) in [6.07, 6.45) is 2.06. The van der Waals surface area contributed by atoms with Crippen LogP contribution in [-0.2, 0) is 12.8 Å². The molecule has 0 unspecified atom stereocenters. The van der Waals surface area contributed by atoms with E-state index in [-0.39, 0.29) is 0 Å². The molecule has 8 rings (SSSR count).